The van der Waals surface area contributed by atoms with E-state index in [1.54, 1.807) is 0 Å². The van der Waals surface area contributed by atoms with E-state index in [1.165, 1.54) is 0 Å². The molecule has 0 amide bonds. The van der Waals surface area contributed by atoms with Crippen LogP contribution in [-0.4, -0.2) is 6.04 Å². The summed E-state index contributed by atoms with van der Waals surface area (Å²) < 4.78 is 1.03. The van der Waals surface area contributed by atoms with Crippen LogP contribution in [0.2, 0.25) is 0 Å². The quantitative estimate of drug-likeness (QED) is 0.627. The van der Waals surface area contributed by atoms with Gasteiger partial charge in [-0.25, -0.2) is 0 Å². The Kier molecular flexibility index (Phi) is 2.77. The van der Waals surface area contributed by atoms with Gasteiger partial charge in [0, 0.05) is 21.9 Å². The van der Waals surface area contributed by atoms with Crippen molar-refractivity contribution >= 4 is 27.3 Å². The molecule has 0 heterocycles. The molecule has 1 aromatic rings. The first-order valence-corrected chi connectivity index (χ1v) is 5.51. The summed E-state index contributed by atoms with van der Waals surface area (Å²) in [7, 11) is 0. The molecule has 1 aliphatic carbocycles. The van der Waals surface area contributed by atoms with Crippen molar-refractivity contribution in [2.75, 3.05) is 11.1 Å². The molecule has 3 heteroatoms. The molecule has 0 atom stereocenters. The van der Waals surface area contributed by atoms with Crippen LogP contribution in [0.5, 0.6) is 0 Å². The molecular weight excluding hydrogens is 240 g/mol. The van der Waals surface area contributed by atoms with Gasteiger partial charge in [0.25, 0.3) is 0 Å². The summed E-state index contributed by atoms with van der Waals surface area (Å²) in [6.07, 6.45) is 6.64. The Labute approximate surface area is 92.3 Å². The Morgan fingerprint density at radius 2 is 2.00 bits per heavy atom. The van der Waals surface area contributed by atoms with Gasteiger partial charge in [0.1, 0.15) is 0 Å². The van der Waals surface area contributed by atoms with E-state index in [0.29, 0.717) is 6.04 Å². The van der Waals surface area contributed by atoms with Crippen LogP contribution < -0.4 is 11.1 Å². The third-order valence-corrected chi connectivity index (χ3v) is 3.02. The van der Waals surface area contributed by atoms with E-state index < -0.39 is 0 Å². The monoisotopic (exact) mass is 252 g/mol. The standard InChI is InChI=1S/C11H13BrN2/c12-10-7-8(13)5-6-11(10)14-9-3-1-2-4-9/h1-2,5-7,9,14H,3-4,13H2. The second kappa shape index (κ2) is 4.05. The van der Waals surface area contributed by atoms with Crippen LogP contribution in [0.4, 0.5) is 11.4 Å². The van der Waals surface area contributed by atoms with E-state index in [1.807, 2.05) is 18.2 Å². The van der Waals surface area contributed by atoms with Crippen molar-refractivity contribution in [1.29, 1.82) is 0 Å². The highest BCUT2D eigenvalue weighted by Crippen LogP contribution is 2.27. The first-order chi connectivity index (χ1) is 6.75. The SMILES string of the molecule is Nc1ccc(NC2CC=CC2)c(Br)c1. The van der Waals surface area contributed by atoms with Crippen LogP contribution in [0.15, 0.2) is 34.8 Å². The lowest BCUT2D eigenvalue weighted by Gasteiger charge is -2.15. The number of nitrogens with one attached hydrogen (secondary N) is 1. The summed E-state index contributed by atoms with van der Waals surface area (Å²) in [6, 6.07) is 6.38. The van der Waals surface area contributed by atoms with Crippen LogP contribution in [0, 0.1) is 0 Å². The van der Waals surface area contributed by atoms with Gasteiger partial charge in [-0.15, -0.1) is 0 Å². The molecule has 1 aromatic carbocycles. The van der Waals surface area contributed by atoms with E-state index in [2.05, 4.69) is 33.4 Å². The molecule has 3 N–H and O–H groups in total. The van der Waals surface area contributed by atoms with Crippen molar-refractivity contribution in [3.8, 4) is 0 Å². The van der Waals surface area contributed by atoms with Crippen LogP contribution in [0.25, 0.3) is 0 Å². The second-order valence-electron chi connectivity index (χ2n) is 3.52. The van der Waals surface area contributed by atoms with Crippen molar-refractivity contribution in [3.63, 3.8) is 0 Å². The number of anilines is 2. The first-order valence-electron chi connectivity index (χ1n) is 4.72. The highest BCUT2D eigenvalue weighted by Gasteiger charge is 2.10. The van der Waals surface area contributed by atoms with Crippen LogP contribution >= 0.6 is 15.9 Å². The summed E-state index contributed by atoms with van der Waals surface area (Å²) in [4.78, 5) is 0. The van der Waals surface area contributed by atoms with Crippen molar-refractivity contribution in [3.05, 3.63) is 34.8 Å². The number of nitrogens with two attached hydrogens (primary N) is 1. The normalized spacial score (nSPS) is 16.1. The van der Waals surface area contributed by atoms with Crippen LogP contribution in [-0.2, 0) is 0 Å². The molecule has 14 heavy (non-hydrogen) atoms. The van der Waals surface area contributed by atoms with E-state index in [9.17, 15) is 0 Å². The number of rotatable bonds is 2. The van der Waals surface area contributed by atoms with Gasteiger partial charge in [0.05, 0.1) is 0 Å². The molecule has 0 spiro atoms. The maximum absolute atomic E-state index is 5.67. The van der Waals surface area contributed by atoms with Gasteiger partial charge in [-0.05, 0) is 47.0 Å². The number of hydrogen-bond donors (Lipinski definition) is 2. The minimum absolute atomic E-state index is 0.537. The van der Waals surface area contributed by atoms with Crippen molar-refractivity contribution in [2.24, 2.45) is 0 Å². The second-order valence-corrected chi connectivity index (χ2v) is 4.38. The zero-order valence-electron chi connectivity index (χ0n) is 7.83. The lowest BCUT2D eigenvalue weighted by atomic mass is 10.2. The number of halogens is 1. The van der Waals surface area contributed by atoms with Gasteiger partial charge >= 0.3 is 0 Å². The van der Waals surface area contributed by atoms with E-state index in [4.69, 9.17) is 5.73 Å². The lowest BCUT2D eigenvalue weighted by molar-refractivity contribution is 0.786. The minimum Gasteiger partial charge on any atom is -0.399 e. The summed E-state index contributed by atoms with van der Waals surface area (Å²) in [6.45, 7) is 0. The maximum Gasteiger partial charge on any atom is 0.0488 e. The van der Waals surface area contributed by atoms with E-state index in [0.717, 1.165) is 28.7 Å². The molecule has 0 unspecified atom stereocenters. The van der Waals surface area contributed by atoms with Gasteiger partial charge in [-0.2, -0.15) is 0 Å². The summed E-state index contributed by atoms with van der Waals surface area (Å²) >= 11 is 3.49. The van der Waals surface area contributed by atoms with E-state index in [-0.39, 0.29) is 0 Å². The molecule has 0 aliphatic heterocycles. The molecule has 74 valence electrons. The highest BCUT2D eigenvalue weighted by molar-refractivity contribution is 9.10. The fourth-order valence-corrected chi connectivity index (χ4v) is 2.11. The van der Waals surface area contributed by atoms with Gasteiger partial charge in [0.15, 0.2) is 0 Å². The topological polar surface area (TPSA) is 38.0 Å². The average molecular weight is 253 g/mol. The number of benzene rings is 1. The highest BCUT2D eigenvalue weighted by atomic mass is 79.9. The predicted octanol–water partition coefficient (Wildman–Crippen LogP) is 3.16. The molecule has 2 nitrogen and oxygen atoms in total. The third-order valence-electron chi connectivity index (χ3n) is 2.36. The molecular formula is C11H13BrN2. The summed E-state index contributed by atoms with van der Waals surface area (Å²) in [5.41, 5.74) is 7.57. The summed E-state index contributed by atoms with van der Waals surface area (Å²) in [5, 5.41) is 3.47. The Balaban J connectivity index is 2.08. The lowest BCUT2D eigenvalue weighted by Crippen LogP contribution is -2.15. The zero-order chi connectivity index (χ0) is 9.97. The molecule has 0 fully saturated rings. The van der Waals surface area contributed by atoms with Crippen molar-refractivity contribution in [1.82, 2.24) is 0 Å². The van der Waals surface area contributed by atoms with Gasteiger partial charge in [0.2, 0.25) is 0 Å². The number of hydrogen-bond acceptors (Lipinski definition) is 2. The Morgan fingerprint density at radius 3 is 2.64 bits per heavy atom. The largest absolute Gasteiger partial charge is 0.399 e. The van der Waals surface area contributed by atoms with Crippen molar-refractivity contribution < 1.29 is 0 Å². The Hall–Kier alpha value is -0.960. The van der Waals surface area contributed by atoms with Crippen LogP contribution in [0.3, 0.4) is 0 Å². The third kappa shape index (κ3) is 2.10. The molecule has 0 saturated carbocycles. The Morgan fingerprint density at radius 1 is 1.29 bits per heavy atom. The predicted molar refractivity (Wildman–Crippen MR) is 64.3 cm³/mol. The average Bonchev–Trinajstić information content (AvgIpc) is 2.62. The van der Waals surface area contributed by atoms with Gasteiger partial charge in [-0.3, -0.25) is 0 Å². The molecule has 0 aromatic heterocycles. The van der Waals surface area contributed by atoms with Crippen LogP contribution in [0.1, 0.15) is 12.8 Å². The van der Waals surface area contributed by atoms with Crippen molar-refractivity contribution in [2.45, 2.75) is 18.9 Å². The smallest absolute Gasteiger partial charge is 0.0488 e. The molecule has 0 bridgehead atoms. The van der Waals surface area contributed by atoms with E-state index >= 15 is 0 Å². The molecule has 0 saturated heterocycles. The fourth-order valence-electron chi connectivity index (χ4n) is 1.60. The maximum atomic E-state index is 5.67. The summed E-state index contributed by atoms with van der Waals surface area (Å²) in [5.74, 6) is 0. The number of nitrogen functional groups attached to an aromatic ring is 1. The minimum atomic E-state index is 0.537. The molecule has 2 rings (SSSR count). The van der Waals surface area contributed by atoms with Gasteiger partial charge in [-0.1, -0.05) is 12.2 Å². The molecule has 0 radical (unpaired) electrons. The van der Waals surface area contributed by atoms with Gasteiger partial charge < -0.3 is 11.1 Å². The fraction of sp³-hybridized carbons (Fsp3) is 0.273. The Bertz CT molecular complexity index is 352. The zero-order valence-corrected chi connectivity index (χ0v) is 9.42. The molecule has 1 aliphatic rings. The first kappa shape index (κ1) is 9.59.